The highest BCUT2D eigenvalue weighted by Gasteiger charge is 2.15. The van der Waals surface area contributed by atoms with Crippen LogP contribution in [0.3, 0.4) is 0 Å². The van der Waals surface area contributed by atoms with Gasteiger partial charge in [0.15, 0.2) is 0 Å². The SMILES string of the molecule is Brc1ccccc1-c1ccc(-c2ccccc2)n2c1nc1ccccc12. The molecular formula is C23H15BrN2. The number of halogens is 1. The van der Waals surface area contributed by atoms with E-state index in [1.807, 2.05) is 18.2 Å². The number of imidazole rings is 1. The van der Waals surface area contributed by atoms with E-state index in [9.17, 15) is 0 Å². The van der Waals surface area contributed by atoms with Crippen LogP contribution in [0.2, 0.25) is 0 Å². The van der Waals surface area contributed by atoms with Crippen molar-refractivity contribution in [3.05, 3.63) is 95.5 Å². The van der Waals surface area contributed by atoms with Crippen LogP contribution in [-0.4, -0.2) is 9.38 Å². The second kappa shape index (κ2) is 6.11. The van der Waals surface area contributed by atoms with E-state index < -0.39 is 0 Å². The molecular weight excluding hydrogens is 384 g/mol. The van der Waals surface area contributed by atoms with Crippen molar-refractivity contribution in [3.8, 4) is 22.4 Å². The molecule has 0 spiro atoms. The molecule has 0 aliphatic rings. The molecule has 0 fully saturated rings. The normalized spacial score (nSPS) is 11.3. The zero-order valence-corrected chi connectivity index (χ0v) is 15.5. The molecule has 0 atom stereocenters. The first-order chi connectivity index (χ1) is 12.8. The first kappa shape index (κ1) is 15.4. The Morgan fingerprint density at radius 2 is 1.38 bits per heavy atom. The molecule has 3 aromatic carbocycles. The van der Waals surface area contributed by atoms with Crippen molar-refractivity contribution in [2.24, 2.45) is 0 Å². The van der Waals surface area contributed by atoms with Gasteiger partial charge in [0, 0.05) is 10.0 Å². The highest BCUT2D eigenvalue weighted by molar-refractivity contribution is 9.10. The summed E-state index contributed by atoms with van der Waals surface area (Å²) in [5.74, 6) is 0. The van der Waals surface area contributed by atoms with Crippen molar-refractivity contribution >= 4 is 32.6 Å². The average Bonchev–Trinajstić information content (AvgIpc) is 3.08. The first-order valence-electron chi connectivity index (χ1n) is 8.53. The topological polar surface area (TPSA) is 17.3 Å². The van der Waals surface area contributed by atoms with Crippen LogP contribution in [-0.2, 0) is 0 Å². The van der Waals surface area contributed by atoms with Gasteiger partial charge in [-0.15, -0.1) is 0 Å². The maximum absolute atomic E-state index is 4.96. The van der Waals surface area contributed by atoms with Crippen molar-refractivity contribution in [2.75, 3.05) is 0 Å². The lowest BCUT2D eigenvalue weighted by Crippen LogP contribution is -1.95. The summed E-state index contributed by atoms with van der Waals surface area (Å²) in [6, 6.07) is 31.4. The molecule has 2 heterocycles. The number of rotatable bonds is 2. The van der Waals surface area contributed by atoms with E-state index in [0.29, 0.717) is 0 Å². The molecule has 26 heavy (non-hydrogen) atoms. The summed E-state index contributed by atoms with van der Waals surface area (Å²) in [6.07, 6.45) is 0. The zero-order chi connectivity index (χ0) is 17.5. The summed E-state index contributed by atoms with van der Waals surface area (Å²) >= 11 is 3.69. The number of fused-ring (bicyclic) bond motifs is 3. The number of aromatic nitrogens is 2. The van der Waals surface area contributed by atoms with Gasteiger partial charge in [0.2, 0.25) is 0 Å². The molecule has 0 bridgehead atoms. The number of para-hydroxylation sites is 2. The van der Waals surface area contributed by atoms with E-state index in [4.69, 9.17) is 4.98 Å². The number of benzene rings is 3. The van der Waals surface area contributed by atoms with E-state index in [1.165, 1.54) is 5.56 Å². The monoisotopic (exact) mass is 398 g/mol. The van der Waals surface area contributed by atoms with Gasteiger partial charge in [0.05, 0.1) is 16.7 Å². The van der Waals surface area contributed by atoms with Gasteiger partial charge >= 0.3 is 0 Å². The molecule has 124 valence electrons. The van der Waals surface area contributed by atoms with E-state index >= 15 is 0 Å². The Kier molecular flexibility index (Phi) is 3.61. The number of hydrogen-bond acceptors (Lipinski definition) is 1. The van der Waals surface area contributed by atoms with Gasteiger partial charge in [0.25, 0.3) is 0 Å². The van der Waals surface area contributed by atoms with E-state index in [2.05, 4.69) is 93.1 Å². The fourth-order valence-electron chi connectivity index (χ4n) is 3.49. The van der Waals surface area contributed by atoms with Gasteiger partial charge in [-0.25, -0.2) is 4.98 Å². The number of pyridine rings is 1. The summed E-state index contributed by atoms with van der Waals surface area (Å²) in [5.41, 5.74) is 7.68. The molecule has 2 aromatic heterocycles. The standard InChI is InChI=1S/C23H15BrN2/c24-19-11-5-4-10-17(19)18-14-15-21(16-8-2-1-3-9-16)26-22-13-7-6-12-20(22)25-23(18)26/h1-15H. The molecule has 5 rings (SSSR count). The predicted octanol–water partition coefficient (Wildman–Crippen LogP) is 6.58. The Balaban J connectivity index is 1.93. The van der Waals surface area contributed by atoms with Crippen LogP contribution in [0.1, 0.15) is 0 Å². The predicted molar refractivity (Wildman–Crippen MR) is 111 cm³/mol. The van der Waals surface area contributed by atoms with Crippen LogP contribution in [0.25, 0.3) is 39.1 Å². The minimum atomic E-state index is 0.972. The molecule has 0 amide bonds. The van der Waals surface area contributed by atoms with Crippen molar-refractivity contribution < 1.29 is 0 Å². The molecule has 0 radical (unpaired) electrons. The van der Waals surface area contributed by atoms with Gasteiger partial charge in [-0.05, 0) is 41.5 Å². The van der Waals surface area contributed by atoms with Crippen LogP contribution in [0.15, 0.2) is 95.5 Å². The third-order valence-corrected chi connectivity index (χ3v) is 5.38. The third kappa shape index (κ3) is 2.36. The lowest BCUT2D eigenvalue weighted by Gasteiger charge is -2.12. The Bertz CT molecular complexity index is 1240. The van der Waals surface area contributed by atoms with Gasteiger partial charge in [-0.2, -0.15) is 0 Å². The smallest absolute Gasteiger partial charge is 0.146 e. The summed E-state index contributed by atoms with van der Waals surface area (Å²) in [4.78, 5) is 4.96. The van der Waals surface area contributed by atoms with Crippen molar-refractivity contribution in [3.63, 3.8) is 0 Å². The first-order valence-corrected chi connectivity index (χ1v) is 9.33. The quantitative estimate of drug-likeness (QED) is 0.328. The van der Waals surface area contributed by atoms with Crippen LogP contribution in [0.4, 0.5) is 0 Å². The number of hydrogen-bond donors (Lipinski definition) is 0. The van der Waals surface area contributed by atoms with Crippen LogP contribution in [0, 0.1) is 0 Å². The molecule has 3 heteroatoms. The fourth-order valence-corrected chi connectivity index (χ4v) is 3.98. The molecule has 0 saturated heterocycles. The Labute approximate surface area is 159 Å². The second-order valence-corrected chi connectivity index (χ2v) is 7.09. The molecule has 5 aromatic rings. The van der Waals surface area contributed by atoms with Crippen LogP contribution in [0.5, 0.6) is 0 Å². The minimum absolute atomic E-state index is 0.972. The number of nitrogens with zero attached hydrogens (tertiary/aromatic N) is 2. The van der Waals surface area contributed by atoms with Gasteiger partial charge in [-0.1, -0.05) is 76.6 Å². The summed E-state index contributed by atoms with van der Waals surface area (Å²) in [7, 11) is 0. The summed E-state index contributed by atoms with van der Waals surface area (Å²) < 4.78 is 3.33. The lowest BCUT2D eigenvalue weighted by molar-refractivity contribution is 1.23. The van der Waals surface area contributed by atoms with E-state index in [1.54, 1.807) is 0 Å². The molecule has 0 saturated carbocycles. The lowest BCUT2D eigenvalue weighted by atomic mass is 10.0. The minimum Gasteiger partial charge on any atom is -0.292 e. The zero-order valence-electron chi connectivity index (χ0n) is 13.9. The summed E-state index contributed by atoms with van der Waals surface area (Å²) in [6.45, 7) is 0. The van der Waals surface area contributed by atoms with Crippen LogP contribution < -0.4 is 0 Å². The second-order valence-electron chi connectivity index (χ2n) is 6.24. The van der Waals surface area contributed by atoms with Crippen molar-refractivity contribution in [2.45, 2.75) is 0 Å². The maximum Gasteiger partial charge on any atom is 0.146 e. The molecule has 0 aliphatic carbocycles. The highest BCUT2D eigenvalue weighted by atomic mass is 79.9. The average molecular weight is 399 g/mol. The van der Waals surface area contributed by atoms with Crippen LogP contribution >= 0.6 is 15.9 Å². The largest absolute Gasteiger partial charge is 0.292 e. The van der Waals surface area contributed by atoms with Crippen molar-refractivity contribution in [1.29, 1.82) is 0 Å². The van der Waals surface area contributed by atoms with Gasteiger partial charge < -0.3 is 0 Å². The Morgan fingerprint density at radius 3 is 2.23 bits per heavy atom. The maximum atomic E-state index is 4.96. The molecule has 0 aliphatic heterocycles. The van der Waals surface area contributed by atoms with Crippen molar-refractivity contribution in [1.82, 2.24) is 9.38 Å². The third-order valence-electron chi connectivity index (χ3n) is 4.68. The fraction of sp³-hybridized carbons (Fsp3) is 0. The molecule has 0 N–H and O–H groups in total. The highest BCUT2D eigenvalue weighted by Crippen LogP contribution is 2.35. The van der Waals surface area contributed by atoms with Gasteiger partial charge in [0.1, 0.15) is 5.65 Å². The van der Waals surface area contributed by atoms with Gasteiger partial charge in [-0.3, -0.25) is 4.40 Å². The van der Waals surface area contributed by atoms with E-state index in [-0.39, 0.29) is 0 Å². The van der Waals surface area contributed by atoms with E-state index in [0.717, 1.165) is 38.0 Å². The Hall–Kier alpha value is -2.91. The summed E-state index contributed by atoms with van der Waals surface area (Å²) in [5, 5.41) is 0. The molecule has 2 nitrogen and oxygen atoms in total. The molecule has 0 unspecified atom stereocenters. The Morgan fingerprint density at radius 1 is 0.654 bits per heavy atom.